The summed E-state index contributed by atoms with van der Waals surface area (Å²) in [5, 5.41) is 89.0. The van der Waals surface area contributed by atoms with Gasteiger partial charge in [0.25, 0.3) is 0 Å². The molecule has 6 aromatic heterocycles. The number of fused-ring (bicyclic) bond motifs is 6. The fourth-order valence-corrected chi connectivity index (χ4v) is 8.79. The van der Waals surface area contributed by atoms with Crippen LogP contribution in [0.3, 0.4) is 0 Å². The molecule has 10 nitrogen and oxygen atoms in total. The molecular formula is C48H24N10. The lowest BCUT2D eigenvalue weighted by Gasteiger charge is -2.15. The Balaban J connectivity index is 1.65. The molecular weight excluding hydrogens is 717 g/mol. The Hall–Kier alpha value is -8.90. The van der Waals surface area contributed by atoms with Crippen LogP contribution in [-0.4, -0.2) is 8.80 Å². The van der Waals surface area contributed by atoms with Gasteiger partial charge in [0.05, 0.1) is 33.1 Å². The van der Waals surface area contributed by atoms with Crippen molar-refractivity contribution in [3.05, 3.63) is 92.7 Å². The van der Waals surface area contributed by atoms with Gasteiger partial charge in [-0.1, -0.05) is 27.7 Å². The summed E-state index contributed by atoms with van der Waals surface area (Å²) in [4.78, 5) is 0. The van der Waals surface area contributed by atoms with Crippen LogP contribution in [-0.2, 0) is 0 Å². The number of aromatic nitrogens is 2. The number of rotatable bonds is 2. The first-order chi connectivity index (χ1) is 28.1. The molecule has 0 bridgehead atoms. The minimum Gasteiger partial charge on any atom is -0.308 e. The van der Waals surface area contributed by atoms with Crippen molar-refractivity contribution in [2.24, 2.45) is 0 Å². The van der Waals surface area contributed by atoms with E-state index in [0.717, 1.165) is 32.7 Å². The van der Waals surface area contributed by atoms with Crippen LogP contribution in [0.4, 0.5) is 0 Å². The molecule has 0 N–H and O–H groups in total. The smallest absolute Gasteiger partial charge is 0.137 e. The van der Waals surface area contributed by atoms with Gasteiger partial charge in [-0.15, -0.1) is 0 Å². The van der Waals surface area contributed by atoms with Crippen molar-refractivity contribution in [1.29, 1.82) is 42.1 Å². The first-order valence-corrected chi connectivity index (χ1v) is 18.3. The monoisotopic (exact) mass is 740 g/mol. The molecule has 0 aliphatic carbocycles. The molecule has 0 unspecified atom stereocenters. The molecule has 0 amide bonds. The summed E-state index contributed by atoms with van der Waals surface area (Å²) >= 11 is 0. The molecule has 9 aromatic rings. The van der Waals surface area contributed by atoms with Gasteiger partial charge >= 0.3 is 0 Å². The van der Waals surface area contributed by atoms with E-state index in [1.807, 2.05) is 97.2 Å². The van der Waals surface area contributed by atoms with Crippen molar-refractivity contribution in [3.8, 4) is 48.6 Å². The summed E-state index contributed by atoms with van der Waals surface area (Å²) in [6.45, 7) is 8.09. The lowest BCUT2D eigenvalue weighted by molar-refractivity contribution is 0.869. The molecule has 0 aliphatic heterocycles. The van der Waals surface area contributed by atoms with Gasteiger partial charge in [0.15, 0.2) is 0 Å². The van der Waals surface area contributed by atoms with Crippen molar-refractivity contribution in [2.75, 3.05) is 0 Å². The number of nitriles is 8. The number of hydrogen-bond donors (Lipinski definition) is 0. The van der Waals surface area contributed by atoms with Crippen molar-refractivity contribution in [2.45, 2.75) is 39.5 Å². The molecule has 9 rings (SSSR count). The van der Waals surface area contributed by atoms with Gasteiger partial charge in [-0.25, -0.2) is 0 Å². The third kappa shape index (κ3) is 4.38. The Kier molecular flexibility index (Phi) is 7.40. The zero-order valence-electron chi connectivity index (χ0n) is 31.4. The number of hydrogen-bond acceptors (Lipinski definition) is 8. The molecule has 0 radical (unpaired) electrons. The van der Waals surface area contributed by atoms with E-state index in [9.17, 15) is 42.1 Å². The van der Waals surface area contributed by atoms with Crippen LogP contribution in [0.1, 0.15) is 50.7 Å². The minimum atomic E-state index is -0.0881. The van der Waals surface area contributed by atoms with E-state index in [0.29, 0.717) is 75.5 Å². The van der Waals surface area contributed by atoms with Gasteiger partial charge in [0, 0.05) is 64.0 Å². The highest BCUT2D eigenvalue weighted by molar-refractivity contribution is 6.24. The standard InChI is InChI=1S/C48H24N10/c1-23(2)25-5-39-31(27(15-49)16-50)11-43-35-9-37-38(10-36(35)44-12-32(28(17-51)18-52)40(6-25)47(39)57(43)44)46-14-34(30(21-55)22-56)42-8-26(24(3)4)7-41-33(29(19-53)20-54)13-45(37)58(46)48(41)42/h5-14,23-24H,1-4H3. The Bertz CT molecular complexity index is 3490. The topological polar surface area (TPSA) is 199 Å². The van der Waals surface area contributed by atoms with E-state index >= 15 is 0 Å². The molecule has 58 heavy (non-hydrogen) atoms. The quantitative estimate of drug-likeness (QED) is 0.180. The van der Waals surface area contributed by atoms with E-state index in [2.05, 4.69) is 48.6 Å². The molecule has 3 aromatic carbocycles. The Morgan fingerprint density at radius 1 is 0.345 bits per heavy atom. The molecule has 0 fully saturated rings. The Morgan fingerprint density at radius 2 is 0.569 bits per heavy atom. The molecule has 0 saturated heterocycles. The maximum atomic E-state index is 10.2. The zero-order chi connectivity index (χ0) is 40.9. The molecule has 0 aliphatic rings. The number of nitrogens with zero attached hydrogens (tertiary/aromatic N) is 10. The van der Waals surface area contributed by atoms with E-state index in [1.165, 1.54) is 0 Å². The predicted octanol–water partition coefficient (Wildman–Crippen LogP) is 7.03. The van der Waals surface area contributed by atoms with Crippen LogP contribution in [0, 0.1) is 90.6 Å². The highest BCUT2D eigenvalue weighted by Gasteiger charge is 2.24. The summed E-state index contributed by atoms with van der Waals surface area (Å²) in [5.74, 6) is 0.0832. The van der Waals surface area contributed by atoms with E-state index in [4.69, 9.17) is 0 Å². The lowest BCUT2D eigenvalue weighted by atomic mass is 9.94. The molecule has 0 atom stereocenters. The van der Waals surface area contributed by atoms with E-state index in [1.54, 1.807) is 0 Å². The number of pyridine rings is 4. The maximum absolute atomic E-state index is 10.2. The van der Waals surface area contributed by atoms with Crippen LogP contribution >= 0.6 is 0 Å². The summed E-state index contributed by atoms with van der Waals surface area (Å²) in [6.07, 6.45) is 0. The summed E-state index contributed by atoms with van der Waals surface area (Å²) in [7, 11) is 0. The fourth-order valence-electron chi connectivity index (χ4n) is 8.79. The van der Waals surface area contributed by atoms with Crippen molar-refractivity contribution >= 4 is 98.5 Å². The van der Waals surface area contributed by atoms with Crippen molar-refractivity contribution < 1.29 is 0 Å². The fraction of sp³-hybridized carbons (Fsp3) is 0.125. The van der Waals surface area contributed by atoms with Crippen molar-refractivity contribution in [3.63, 3.8) is 0 Å². The predicted molar refractivity (Wildman–Crippen MR) is 221 cm³/mol. The summed E-state index contributed by atoms with van der Waals surface area (Å²) in [6, 6.07) is 35.9. The second kappa shape index (κ2) is 12.3. The average Bonchev–Trinajstić information content (AvgIpc) is 3.71. The molecule has 0 spiro atoms. The summed E-state index contributed by atoms with van der Waals surface area (Å²) < 4.78 is 4.10. The van der Waals surface area contributed by atoms with Crippen LogP contribution in [0.2, 0.25) is 0 Å². The van der Waals surface area contributed by atoms with Gasteiger partial charge in [0.1, 0.15) is 70.8 Å². The van der Waals surface area contributed by atoms with Crippen LogP contribution in [0.15, 0.2) is 60.7 Å². The first-order valence-electron chi connectivity index (χ1n) is 18.3. The minimum absolute atomic E-state index is 0.0416. The van der Waals surface area contributed by atoms with Gasteiger partial charge < -0.3 is 8.80 Å². The highest BCUT2D eigenvalue weighted by Crippen LogP contribution is 2.41. The molecule has 10 heteroatoms. The second-order valence-electron chi connectivity index (χ2n) is 15.0. The second-order valence-corrected chi connectivity index (χ2v) is 15.0. The molecule has 266 valence electrons. The molecule has 6 heterocycles. The van der Waals surface area contributed by atoms with Crippen LogP contribution in [0.25, 0.3) is 98.5 Å². The normalized spacial score (nSPS) is 11.3. The first kappa shape index (κ1) is 34.8. The number of benzene rings is 3. The zero-order valence-corrected chi connectivity index (χ0v) is 31.4. The third-order valence-electron chi connectivity index (χ3n) is 11.5. The maximum Gasteiger partial charge on any atom is 0.137 e. The van der Waals surface area contributed by atoms with Crippen LogP contribution in [0.5, 0.6) is 0 Å². The molecule has 0 saturated carbocycles. The van der Waals surface area contributed by atoms with Gasteiger partial charge in [0.2, 0.25) is 0 Å². The van der Waals surface area contributed by atoms with Crippen LogP contribution < -0.4 is 20.9 Å². The van der Waals surface area contributed by atoms with E-state index < -0.39 is 0 Å². The third-order valence-corrected chi connectivity index (χ3v) is 11.5. The Morgan fingerprint density at radius 3 is 0.759 bits per heavy atom. The van der Waals surface area contributed by atoms with E-state index in [-0.39, 0.29) is 34.1 Å². The van der Waals surface area contributed by atoms with Gasteiger partial charge in [-0.05, 0) is 83.6 Å². The largest absolute Gasteiger partial charge is 0.308 e. The highest BCUT2D eigenvalue weighted by atomic mass is 14.9. The van der Waals surface area contributed by atoms with Gasteiger partial charge in [-0.3, -0.25) is 0 Å². The SMILES string of the molecule is CC(C)c1cc2c(=C(C#N)C#N)cc3c4cc5c(cc4c4cc(=C(C#N)C#N)c(c1)c2n34)c1cc(=C(C#N)C#N)c2cc(C(C)C)cc3c(=C(C#N)C#N)cc5n1c32. The lowest BCUT2D eigenvalue weighted by Crippen LogP contribution is -2.16. The average molecular weight is 741 g/mol. The Labute approximate surface area is 329 Å². The van der Waals surface area contributed by atoms with Crippen molar-refractivity contribution in [1.82, 2.24) is 8.80 Å². The summed E-state index contributed by atoms with van der Waals surface area (Å²) in [5.41, 5.74) is 5.49. The van der Waals surface area contributed by atoms with Gasteiger partial charge in [-0.2, -0.15) is 42.1 Å².